The monoisotopic (exact) mass is 479 g/mol. The van der Waals surface area contributed by atoms with E-state index in [0.717, 1.165) is 31.4 Å². The van der Waals surface area contributed by atoms with Crippen LogP contribution in [0.25, 0.3) is 0 Å². The lowest BCUT2D eigenvalue weighted by Gasteiger charge is -2.38. The maximum Gasteiger partial charge on any atom is 0.241 e. The number of hydrogen-bond acceptors (Lipinski definition) is 5. The number of rotatable bonds is 5. The molecule has 1 atom stereocenters. The summed E-state index contributed by atoms with van der Waals surface area (Å²) in [5, 5.41) is 10.2. The van der Waals surface area contributed by atoms with Gasteiger partial charge in [-0.15, -0.1) is 0 Å². The number of piperazine rings is 1. The molecule has 0 bridgehead atoms. The van der Waals surface area contributed by atoms with E-state index in [9.17, 15) is 23.9 Å². The van der Waals surface area contributed by atoms with E-state index in [1.807, 2.05) is 17.0 Å². The van der Waals surface area contributed by atoms with Crippen molar-refractivity contribution in [2.24, 2.45) is 0 Å². The number of phenolic OH excluding ortho intramolecular Hbond substituents is 1. The molecule has 2 saturated heterocycles. The van der Waals surface area contributed by atoms with Crippen molar-refractivity contribution in [1.29, 1.82) is 0 Å². The number of halogens is 1. The largest absolute Gasteiger partial charge is 0.506 e. The van der Waals surface area contributed by atoms with Crippen LogP contribution in [0.2, 0.25) is 0 Å². The molecule has 3 aliphatic rings. The van der Waals surface area contributed by atoms with Gasteiger partial charge in [-0.1, -0.05) is 37.1 Å². The van der Waals surface area contributed by atoms with Crippen LogP contribution in [0.1, 0.15) is 44.1 Å². The fraction of sp³-hybridized carbons (Fsp3) is 0.444. The Balaban J connectivity index is 1.37. The summed E-state index contributed by atoms with van der Waals surface area (Å²) in [7, 11) is 0. The molecule has 5 rings (SSSR count). The first kappa shape index (κ1) is 23.3. The summed E-state index contributed by atoms with van der Waals surface area (Å²) in [5.74, 6) is -1.17. The molecule has 2 heterocycles. The third kappa shape index (κ3) is 4.26. The predicted octanol–water partition coefficient (Wildman–Crippen LogP) is 3.21. The highest BCUT2D eigenvalue weighted by atomic mass is 19.1. The molecule has 0 spiro atoms. The summed E-state index contributed by atoms with van der Waals surface area (Å²) in [6, 6.07) is 12.7. The van der Waals surface area contributed by atoms with E-state index in [1.54, 1.807) is 23.1 Å². The predicted molar refractivity (Wildman–Crippen MR) is 128 cm³/mol. The summed E-state index contributed by atoms with van der Waals surface area (Å²) in [6.45, 7) is 1.94. The topological polar surface area (TPSA) is 81.2 Å². The van der Waals surface area contributed by atoms with E-state index in [2.05, 4.69) is 0 Å². The van der Waals surface area contributed by atoms with Crippen molar-refractivity contribution in [1.82, 2.24) is 9.80 Å². The van der Waals surface area contributed by atoms with Crippen molar-refractivity contribution < 1.29 is 23.9 Å². The molecule has 1 N–H and O–H groups in total. The van der Waals surface area contributed by atoms with Gasteiger partial charge in [0.15, 0.2) is 0 Å². The van der Waals surface area contributed by atoms with Crippen molar-refractivity contribution in [3.8, 4) is 5.75 Å². The Bertz CT molecular complexity index is 1140. The minimum absolute atomic E-state index is 0.116. The second-order valence-electron chi connectivity index (χ2n) is 9.81. The highest BCUT2D eigenvalue weighted by Gasteiger charge is 2.56. The molecule has 0 radical (unpaired) electrons. The molecule has 2 aromatic rings. The molecule has 8 heteroatoms. The van der Waals surface area contributed by atoms with E-state index in [4.69, 9.17) is 0 Å². The summed E-state index contributed by atoms with van der Waals surface area (Å²) < 4.78 is 14.2. The maximum absolute atomic E-state index is 14.2. The number of nitrogens with zero attached hydrogens (tertiary/aromatic N) is 3. The van der Waals surface area contributed by atoms with Gasteiger partial charge in [-0.3, -0.25) is 19.3 Å². The number of aromatic hydroxyl groups is 1. The van der Waals surface area contributed by atoms with Crippen molar-refractivity contribution in [2.45, 2.75) is 50.0 Å². The number of carbonyl (C=O) groups excluding carboxylic acids is 3. The summed E-state index contributed by atoms with van der Waals surface area (Å²) >= 11 is 0. The first-order valence-electron chi connectivity index (χ1n) is 12.3. The van der Waals surface area contributed by atoms with E-state index in [0.29, 0.717) is 31.7 Å². The molecule has 3 amide bonds. The highest BCUT2D eigenvalue weighted by molar-refractivity contribution is 6.11. The summed E-state index contributed by atoms with van der Waals surface area (Å²) in [5.41, 5.74) is -0.273. The third-order valence-corrected chi connectivity index (χ3v) is 7.72. The Morgan fingerprint density at radius 2 is 1.71 bits per heavy atom. The number of hydrogen-bond donors (Lipinski definition) is 1. The van der Waals surface area contributed by atoms with Gasteiger partial charge in [0.1, 0.15) is 11.6 Å². The van der Waals surface area contributed by atoms with Gasteiger partial charge in [0.05, 0.1) is 11.1 Å². The molecular weight excluding hydrogens is 449 g/mol. The maximum atomic E-state index is 14.2. The lowest BCUT2D eigenvalue weighted by atomic mass is 9.75. The first-order valence-corrected chi connectivity index (χ1v) is 12.3. The minimum atomic E-state index is -1.38. The minimum Gasteiger partial charge on any atom is -0.506 e. The van der Waals surface area contributed by atoms with Gasteiger partial charge in [0, 0.05) is 45.1 Å². The van der Waals surface area contributed by atoms with Crippen molar-refractivity contribution >= 4 is 23.4 Å². The molecule has 35 heavy (non-hydrogen) atoms. The quantitative estimate of drug-likeness (QED) is 0.666. The fourth-order valence-corrected chi connectivity index (χ4v) is 5.84. The van der Waals surface area contributed by atoms with Gasteiger partial charge < -0.3 is 14.9 Å². The van der Waals surface area contributed by atoms with Crippen LogP contribution in [0.5, 0.6) is 5.75 Å². The smallest absolute Gasteiger partial charge is 0.241 e. The van der Waals surface area contributed by atoms with Crippen LogP contribution in [0.4, 0.5) is 10.1 Å². The number of phenols is 1. The lowest BCUT2D eigenvalue weighted by Crippen LogP contribution is -2.51. The molecule has 7 nitrogen and oxygen atoms in total. The number of likely N-dealkylation sites (tertiary alicyclic amines) is 1. The van der Waals surface area contributed by atoms with Crippen molar-refractivity contribution in [3.05, 3.63) is 59.9 Å². The normalized spacial score (nSPS) is 23.4. The van der Waals surface area contributed by atoms with Gasteiger partial charge in [0.2, 0.25) is 17.7 Å². The Morgan fingerprint density at radius 1 is 1.00 bits per heavy atom. The van der Waals surface area contributed by atoms with Crippen LogP contribution in [-0.2, 0) is 19.8 Å². The molecule has 2 aromatic carbocycles. The fourth-order valence-electron chi connectivity index (χ4n) is 5.84. The van der Waals surface area contributed by atoms with Crippen LogP contribution >= 0.6 is 0 Å². The van der Waals surface area contributed by atoms with Crippen LogP contribution < -0.4 is 4.90 Å². The standard InChI is InChI=1S/C27H30FN3O4/c28-20-7-5-6-19(16-20)27(18-25(34)31(26(27)35)21-8-1-2-9-21)17-24(33)30-14-12-29(13-15-30)22-10-3-4-11-23(22)32/h3-7,10-11,16,21,32H,1-2,8-9,12-15,17-18H2/t27-/m0/s1. The van der Waals surface area contributed by atoms with Crippen LogP contribution in [0.15, 0.2) is 48.5 Å². The van der Waals surface area contributed by atoms with Gasteiger partial charge in [0.25, 0.3) is 0 Å². The number of anilines is 1. The van der Waals surface area contributed by atoms with E-state index in [-0.39, 0.29) is 42.4 Å². The SMILES string of the molecule is O=C(C[C@@]1(c2cccc(F)c2)CC(=O)N(C2CCCC2)C1=O)N1CCN(c2ccccc2O)CC1. The lowest BCUT2D eigenvalue weighted by molar-refractivity contribution is -0.144. The van der Waals surface area contributed by atoms with Gasteiger partial charge in [-0.25, -0.2) is 4.39 Å². The van der Waals surface area contributed by atoms with Gasteiger partial charge in [-0.05, 0) is 42.7 Å². The molecule has 184 valence electrons. The molecular formula is C27H30FN3O4. The zero-order valence-corrected chi connectivity index (χ0v) is 19.7. The van der Waals surface area contributed by atoms with E-state index >= 15 is 0 Å². The van der Waals surface area contributed by atoms with Crippen LogP contribution in [-0.4, -0.2) is 64.8 Å². The van der Waals surface area contributed by atoms with Gasteiger partial charge >= 0.3 is 0 Å². The Kier molecular flexibility index (Phi) is 6.21. The average Bonchev–Trinajstić information content (AvgIpc) is 3.46. The Labute approximate surface area is 204 Å². The molecule has 1 aliphatic carbocycles. The number of para-hydroxylation sites is 2. The van der Waals surface area contributed by atoms with E-state index in [1.165, 1.54) is 23.1 Å². The molecule has 1 saturated carbocycles. The average molecular weight is 480 g/mol. The number of imide groups is 1. The third-order valence-electron chi connectivity index (χ3n) is 7.72. The number of benzene rings is 2. The van der Waals surface area contributed by atoms with Crippen molar-refractivity contribution in [2.75, 3.05) is 31.1 Å². The Morgan fingerprint density at radius 3 is 2.40 bits per heavy atom. The number of amides is 3. The Hall–Kier alpha value is -3.42. The molecule has 3 fully saturated rings. The highest BCUT2D eigenvalue weighted by Crippen LogP contribution is 2.43. The molecule has 2 aliphatic heterocycles. The van der Waals surface area contributed by atoms with E-state index < -0.39 is 11.2 Å². The first-order chi connectivity index (χ1) is 16.9. The second kappa shape index (κ2) is 9.32. The van der Waals surface area contributed by atoms with Crippen LogP contribution in [0, 0.1) is 5.82 Å². The number of carbonyl (C=O) groups is 3. The zero-order chi connectivity index (χ0) is 24.6. The van der Waals surface area contributed by atoms with Crippen molar-refractivity contribution in [3.63, 3.8) is 0 Å². The summed E-state index contributed by atoms with van der Waals surface area (Å²) in [4.78, 5) is 45.5. The van der Waals surface area contributed by atoms with Gasteiger partial charge in [-0.2, -0.15) is 0 Å². The molecule has 0 unspecified atom stereocenters. The zero-order valence-electron chi connectivity index (χ0n) is 19.7. The summed E-state index contributed by atoms with van der Waals surface area (Å²) in [6.07, 6.45) is 3.21. The second-order valence-corrected chi connectivity index (χ2v) is 9.81. The molecule has 0 aromatic heterocycles. The van der Waals surface area contributed by atoms with Crippen LogP contribution in [0.3, 0.4) is 0 Å².